The minimum Gasteiger partial charge on any atom is -0.478 e. The molecule has 0 unspecified atom stereocenters. The predicted molar refractivity (Wildman–Crippen MR) is 78.0 cm³/mol. The molecule has 1 aliphatic rings. The molecule has 2 heterocycles. The van der Waals surface area contributed by atoms with Crippen molar-refractivity contribution in [3.05, 3.63) is 44.9 Å². The van der Waals surface area contributed by atoms with Gasteiger partial charge in [-0.25, -0.2) is 9.78 Å². The van der Waals surface area contributed by atoms with Crippen molar-refractivity contribution in [3.8, 4) is 0 Å². The van der Waals surface area contributed by atoms with E-state index in [1.807, 2.05) is 17.5 Å². The van der Waals surface area contributed by atoms with Crippen LogP contribution < -0.4 is 4.90 Å². The van der Waals surface area contributed by atoms with Gasteiger partial charge in [0.05, 0.1) is 5.56 Å². The Morgan fingerprint density at radius 3 is 3.00 bits per heavy atom. The molecule has 0 saturated carbocycles. The zero-order valence-electron chi connectivity index (χ0n) is 9.97. The minimum absolute atomic E-state index is 0.428. The van der Waals surface area contributed by atoms with Crippen LogP contribution in [0.15, 0.2) is 28.2 Å². The van der Waals surface area contributed by atoms with Crippen molar-refractivity contribution in [2.75, 3.05) is 11.4 Å². The minimum atomic E-state index is -0.845. The van der Waals surface area contributed by atoms with Gasteiger partial charge in [0.1, 0.15) is 4.60 Å². The first-order valence-electron chi connectivity index (χ1n) is 5.85. The summed E-state index contributed by atoms with van der Waals surface area (Å²) in [6, 6.07) is 5.48. The molecule has 0 atom stereocenters. The van der Waals surface area contributed by atoms with Crippen molar-refractivity contribution in [3.63, 3.8) is 0 Å². The van der Waals surface area contributed by atoms with E-state index in [9.17, 15) is 9.90 Å². The summed E-state index contributed by atoms with van der Waals surface area (Å²) >= 11 is 4.95. The van der Waals surface area contributed by atoms with E-state index < -0.39 is 5.97 Å². The molecular weight excluding hydrogens is 328 g/mol. The lowest BCUT2D eigenvalue weighted by molar-refractivity contribution is 0.0695. The van der Waals surface area contributed by atoms with Crippen LogP contribution in [0, 0.1) is 0 Å². The Labute approximate surface area is 122 Å². The fraction of sp³-hybridized carbons (Fsp3) is 0.231. The van der Waals surface area contributed by atoms with E-state index in [1.165, 1.54) is 0 Å². The van der Waals surface area contributed by atoms with Crippen molar-refractivity contribution in [1.29, 1.82) is 0 Å². The van der Waals surface area contributed by atoms with Gasteiger partial charge in [-0.15, -0.1) is 11.3 Å². The van der Waals surface area contributed by atoms with E-state index >= 15 is 0 Å². The predicted octanol–water partition coefficient (Wildman–Crippen LogP) is 3.17. The molecule has 1 N–H and O–H groups in total. The first-order chi connectivity index (χ1) is 9.15. The lowest BCUT2D eigenvalue weighted by Gasteiger charge is -2.29. The lowest BCUT2D eigenvalue weighted by atomic mass is 9.95. The molecule has 0 spiro atoms. The third-order valence-corrected chi connectivity index (χ3v) is 4.84. The summed E-state index contributed by atoms with van der Waals surface area (Å²) in [5.74, 6) is -0.845. The number of thiazole rings is 1. The average molecular weight is 339 g/mol. The van der Waals surface area contributed by atoms with Gasteiger partial charge in [0.25, 0.3) is 0 Å². The molecule has 0 amide bonds. The van der Waals surface area contributed by atoms with E-state index in [4.69, 9.17) is 0 Å². The number of carbonyl (C=O) groups is 1. The largest absolute Gasteiger partial charge is 0.478 e. The number of fused-ring (bicyclic) bond motifs is 1. The Bertz CT molecular complexity index is 641. The molecule has 98 valence electrons. The first kappa shape index (κ1) is 12.6. The Hall–Kier alpha value is -1.40. The first-order valence-corrected chi connectivity index (χ1v) is 7.52. The molecule has 0 aliphatic carbocycles. The molecule has 0 fully saturated rings. The van der Waals surface area contributed by atoms with Crippen LogP contribution in [0.25, 0.3) is 0 Å². The van der Waals surface area contributed by atoms with Gasteiger partial charge in [0, 0.05) is 18.5 Å². The number of halogens is 1. The standard InChI is InChI=1S/C13H11BrN2O2S/c14-11-7-19-13(15-11)16-5-4-9-8(6-16)2-1-3-10(9)12(17)18/h1-3,7H,4-6H2,(H,17,18). The number of carboxylic acid groups (broad SMARTS) is 1. The highest BCUT2D eigenvalue weighted by atomic mass is 79.9. The Balaban J connectivity index is 1.92. The SMILES string of the molecule is O=C(O)c1cccc2c1CCN(c1nc(Br)cs1)C2. The van der Waals surface area contributed by atoms with Crippen LogP contribution in [0.1, 0.15) is 21.5 Å². The lowest BCUT2D eigenvalue weighted by Crippen LogP contribution is -2.31. The van der Waals surface area contributed by atoms with Crippen molar-refractivity contribution >= 4 is 38.4 Å². The molecule has 1 aliphatic heterocycles. The van der Waals surface area contributed by atoms with E-state index in [-0.39, 0.29) is 0 Å². The maximum atomic E-state index is 11.2. The van der Waals surface area contributed by atoms with Crippen LogP contribution in [-0.2, 0) is 13.0 Å². The van der Waals surface area contributed by atoms with E-state index in [0.717, 1.165) is 40.4 Å². The number of aromatic nitrogens is 1. The number of hydrogen-bond donors (Lipinski definition) is 1. The van der Waals surface area contributed by atoms with E-state index in [0.29, 0.717) is 5.56 Å². The number of hydrogen-bond acceptors (Lipinski definition) is 4. The van der Waals surface area contributed by atoms with Crippen molar-refractivity contribution < 1.29 is 9.90 Å². The molecule has 0 radical (unpaired) electrons. The fourth-order valence-electron chi connectivity index (χ4n) is 2.36. The van der Waals surface area contributed by atoms with E-state index in [2.05, 4.69) is 25.8 Å². The van der Waals surface area contributed by atoms with Gasteiger partial charge < -0.3 is 10.0 Å². The molecule has 4 nitrogen and oxygen atoms in total. The summed E-state index contributed by atoms with van der Waals surface area (Å²) in [7, 11) is 0. The van der Waals surface area contributed by atoms with Gasteiger partial charge in [0.15, 0.2) is 5.13 Å². The highest BCUT2D eigenvalue weighted by Gasteiger charge is 2.22. The number of anilines is 1. The Morgan fingerprint density at radius 2 is 2.32 bits per heavy atom. The molecule has 6 heteroatoms. The average Bonchev–Trinajstić information content (AvgIpc) is 2.84. The monoisotopic (exact) mass is 338 g/mol. The van der Waals surface area contributed by atoms with Crippen LogP contribution in [0.4, 0.5) is 5.13 Å². The summed E-state index contributed by atoms with van der Waals surface area (Å²) in [6.07, 6.45) is 0.745. The maximum absolute atomic E-state index is 11.2. The molecular formula is C13H11BrN2O2S. The summed E-state index contributed by atoms with van der Waals surface area (Å²) in [4.78, 5) is 17.8. The van der Waals surface area contributed by atoms with Crippen LogP contribution in [0.5, 0.6) is 0 Å². The molecule has 3 rings (SSSR count). The topological polar surface area (TPSA) is 53.4 Å². The second-order valence-corrected chi connectivity index (χ2v) is 6.02. The third-order valence-electron chi connectivity index (χ3n) is 3.23. The van der Waals surface area contributed by atoms with Gasteiger partial charge >= 0.3 is 5.97 Å². The fourth-order valence-corrected chi connectivity index (χ4v) is 3.64. The number of rotatable bonds is 2. The Morgan fingerprint density at radius 1 is 1.47 bits per heavy atom. The number of carboxylic acids is 1. The summed E-state index contributed by atoms with van der Waals surface area (Å²) < 4.78 is 0.845. The zero-order chi connectivity index (χ0) is 13.4. The highest BCUT2D eigenvalue weighted by Crippen LogP contribution is 2.30. The molecule has 1 aromatic heterocycles. The number of nitrogens with zero attached hydrogens (tertiary/aromatic N) is 2. The smallest absolute Gasteiger partial charge is 0.335 e. The van der Waals surface area contributed by atoms with Gasteiger partial charge in [-0.3, -0.25) is 0 Å². The van der Waals surface area contributed by atoms with Crippen LogP contribution in [-0.4, -0.2) is 22.6 Å². The zero-order valence-corrected chi connectivity index (χ0v) is 12.4. The molecule has 1 aromatic carbocycles. The van der Waals surface area contributed by atoms with E-state index in [1.54, 1.807) is 17.4 Å². The van der Waals surface area contributed by atoms with Crippen LogP contribution in [0.2, 0.25) is 0 Å². The van der Waals surface area contributed by atoms with Crippen molar-refractivity contribution in [2.45, 2.75) is 13.0 Å². The van der Waals surface area contributed by atoms with Crippen LogP contribution in [0.3, 0.4) is 0 Å². The third kappa shape index (κ3) is 2.37. The number of aromatic carboxylic acids is 1. The van der Waals surface area contributed by atoms with Gasteiger partial charge in [0.2, 0.25) is 0 Å². The summed E-state index contributed by atoms with van der Waals surface area (Å²) in [6.45, 7) is 1.52. The Kier molecular flexibility index (Phi) is 3.28. The summed E-state index contributed by atoms with van der Waals surface area (Å²) in [5, 5.41) is 12.1. The molecule has 2 aromatic rings. The normalized spacial score (nSPS) is 14.3. The molecule has 19 heavy (non-hydrogen) atoms. The highest BCUT2D eigenvalue weighted by molar-refractivity contribution is 9.10. The second-order valence-electron chi connectivity index (χ2n) is 4.37. The van der Waals surface area contributed by atoms with Crippen LogP contribution >= 0.6 is 27.3 Å². The maximum Gasteiger partial charge on any atom is 0.335 e. The number of benzene rings is 1. The van der Waals surface area contributed by atoms with Crippen molar-refractivity contribution in [1.82, 2.24) is 4.98 Å². The van der Waals surface area contributed by atoms with Gasteiger partial charge in [-0.1, -0.05) is 12.1 Å². The quantitative estimate of drug-likeness (QED) is 0.913. The van der Waals surface area contributed by atoms with Gasteiger partial charge in [-0.05, 0) is 39.5 Å². The van der Waals surface area contributed by atoms with Gasteiger partial charge in [-0.2, -0.15) is 0 Å². The second kappa shape index (κ2) is 4.94. The summed E-state index contributed by atoms with van der Waals surface area (Å²) in [5.41, 5.74) is 2.47. The molecule has 0 saturated heterocycles. The van der Waals surface area contributed by atoms with Crippen molar-refractivity contribution in [2.24, 2.45) is 0 Å². The molecule has 0 bridgehead atoms.